The Morgan fingerprint density at radius 2 is 1.68 bits per heavy atom. The van der Waals surface area contributed by atoms with Crippen LogP contribution in [0.2, 0.25) is 0 Å². The lowest BCUT2D eigenvalue weighted by Crippen LogP contribution is -2.35. The smallest absolute Gasteiger partial charge is 0.323 e. The van der Waals surface area contributed by atoms with Crippen molar-refractivity contribution in [1.82, 2.24) is 9.97 Å². The largest absolute Gasteiger partial charge is 0.480 e. The van der Waals surface area contributed by atoms with Gasteiger partial charge in [-0.3, -0.25) is 9.59 Å². The summed E-state index contributed by atoms with van der Waals surface area (Å²) in [5, 5.41) is 20.0. The zero-order valence-corrected chi connectivity index (χ0v) is 9.48. The fraction of sp³-hybridized carbons (Fsp3) is 0.250. The Labute approximate surface area is 105 Å². The molecule has 19 heavy (non-hydrogen) atoms. The molecule has 0 fully saturated rings. The molecule has 6 N–H and O–H groups in total. The Bertz CT molecular complexity index is 517. The van der Waals surface area contributed by atoms with Gasteiger partial charge in [0.15, 0.2) is 17.3 Å². The average molecular weight is 270 g/mol. The van der Waals surface area contributed by atoms with Crippen LogP contribution in [0.15, 0.2) is 5.18 Å². The molecule has 0 saturated heterocycles. The third-order valence-corrected chi connectivity index (χ3v) is 1.95. The summed E-state index contributed by atoms with van der Waals surface area (Å²) in [5.41, 5.74) is 10.2. The molecule has 0 unspecified atom stereocenters. The number of hydrogen-bond donors (Lipinski definition) is 4. The summed E-state index contributed by atoms with van der Waals surface area (Å²) in [6, 6.07) is 0. The standard InChI is InChI=1S/C8H10N6O5/c9-6-5(13-19)7(12-8(10)11-6)14(1-3(15)16)2-4(17)18/h1-2H2,(H,15,16)(H,17,18)(H4,9,10,11,12). The van der Waals surface area contributed by atoms with Crippen LogP contribution in [0.25, 0.3) is 0 Å². The Hall–Kier alpha value is -2.98. The first-order valence-electron chi connectivity index (χ1n) is 4.80. The van der Waals surface area contributed by atoms with E-state index in [2.05, 4.69) is 15.1 Å². The number of nitrogens with zero attached hydrogens (tertiary/aromatic N) is 4. The summed E-state index contributed by atoms with van der Waals surface area (Å²) >= 11 is 0. The monoisotopic (exact) mass is 270 g/mol. The van der Waals surface area contributed by atoms with Gasteiger partial charge < -0.3 is 26.6 Å². The predicted molar refractivity (Wildman–Crippen MR) is 63.8 cm³/mol. The number of rotatable bonds is 6. The van der Waals surface area contributed by atoms with Gasteiger partial charge in [-0.25, -0.2) is 0 Å². The molecule has 0 amide bonds. The maximum atomic E-state index is 10.7. The van der Waals surface area contributed by atoms with E-state index in [1.54, 1.807) is 0 Å². The summed E-state index contributed by atoms with van der Waals surface area (Å²) in [5.74, 6) is -3.69. The van der Waals surface area contributed by atoms with Crippen molar-refractivity contribution in [2.24, 2.45) is 5.18 Å². The van der Waals surface area contributed by atoms with Gasteiger partial charge in [0.1, 0.15) is 13.1 Å². The Morgan fingerprint density at radius 3 is 2.11 bits per heavy atom. The van der Waals surface area contributed by atoms with Gasteiger partial charge in [-0.15, -0.1) is 4.91 Å². The molecule has 0 saturated carbocycles. The van der Waals surface area contributed by atoms with Gasteiger partial charge in [0.25, 0.3) is 0 Å². The molecule has 0 aliphatic heterocycles. The van der Waals surface area contributed by atoms with E-state index in [-0.39, 0.29) is 17.6 Å². The normalized spacial score (nSPS) is 9.89. The number of aromatic nitrogens is 2. The topological polar surface area (TPSA) is 185 Å². The third kappa shape index (κ3) is 3.49. The number of hydrogen-bond acceptors (Lipinski definition) is 9. The van der Waals surface area contributed by atoms with Gasteiger partial charge in [0.05, 0.1) is 0 Å². The summed E-state index contributed by atoms with van der Waals surface area (Å²) in [7, 11) is 0. The molecule has 0 aromatic carbocycles. The van der Waals surface area contributed by atoms with Crippen LogP contribution in [-0.4, -0.2) is 45.2 Å². The van der Waals surface area contributed by atoms with E-state index >= 15 is 0 Å². The number of carboxylic acid groups (broad SMARTS) is 2. The van der Waals surface area contributed by atoms with Crippen LogP contribution >= 0.6 is 0 Å². The van der Waals surface area contributed by atoms with Crippen LogP contribution in [0.1, 0.15) is 0 Å². The van der Waals surface area contributed by atoms with Crippen molar-refractivity contribution in [2.75, 3.05) is 29.5 Å². The third-order valence-electron chi connectivity index (χ3n) is 1.95. The second-order valence-corrected chi connectivity index (χ2v) is 3.37. The SMILES string of the molecule is Nc1nc(N)c(N=O)c(N(CC(=O)O)CC(=O)O)n1. The molecule has 0 bridgehead atoms. The minimum absolute atomic E-state index is 0.333. The fourth-order valence-electron chi connectivity index (χ4n) is 1.32. The van der Waals surface area contributed by atoms with Gasteiger partial charge in [-0.05, 0) is 5.18 Å². The number of aliphatic carboxylic acids is 2. The number of carbonyl (C=O) groups is 2. The molecule has 0 radical (unpaired) electrons. The van der Waals surface area contributed by atoms with Gasteiger partial charge >= 0.3 is 11.9 Å². The second-order valence-electron chi connectivity index (χ2n) is 3.37. The average Bonchev–Trinajstić information content (AvgIpc) is 2.25. The highest BCUT2D eigenvalue weighted by atomic mass is 16.4. The number of nitrogen functional groups attached to an aromatic ring is 2. The minimum Gasteiger partial charge on any atom is -0.480 e. The fourth-order valence-corrected chi connectivity index (χ4v) is 1.32. The molecule has 1 heterocycles. The van der Waals surface area contributed by atoms with E-state index in [1.807, 2.05) is 0 Å². The van der Waals surface area contributed by atoms with Crippen LogP contribution in [0, 0.1) is 4.91 Å². The molecule has 102 valence electrons. The number of carboxylic acids is 2. The lowest BCUT2D eigenvalue weighted by molar-refractivity contribution is -0.136. The molecular weight excluding hydrogens is 260 g/mol. The molecule has 1 aromatic rings. The Balaban J connectivity index is 3.30. The number of nitrogens with two attached hydrogens (primary N) is 2. The zero-order valence-electron chi connectivity index (χ0n) is 9.48. The summed E-state index contributed by atoms with van der Waals surface area (Å²) < 4.78 is 0. The first-order valence-corrected chi connectivity index (χ1v) is 4.80. The number of nitroso groups, excluding NO2 is 1. The first-order chi connectivity index (χ1) is 8.85. The van der Waals surface area contributed by atoms with E-state index < -0.39 is 30.7 Å². The van der Waals surface area contributed by atoms with Crippen LogP contribution in [0.3, 0.4) is 0 Å². The van der Waals surface area contributed by atoms with Crippen LogP contribution in [0.4, 0.5) is 23.3 Å². The van der Waals surface area contributed by atoms with Crippen molar-refractivity contribution in [2.45, 2.75) is 0 Å². The number of anilines is 3. The Kier molecular flexibility index (Phi) is 4.13. The second kappa shape index (κ2) is 5.57. The highest BCUT2D eigenvalue weighted by molar-refractivity contribution is 5.83. The molecule has 0 spiro atoms. The molecule has 11 heteroatoms. The van der Waals surface area contributed by atoms with Crippen molar-refractivity contribution in [3.8, 4) is 0 Å². The first kappa shape index (κ1) is 14.1. The maximum Gasteiger partial charge on any atom is 0.323 e. The van der Waals surface area contributed by atoms with Crippen LogP contribution < -0.4 is 16.4 Å². The maximum absolute atomic E-state index is 10.7. The van der Waals surface area contributed by atoms with Crippen molar-refractivity contribution in [3.05, 3.63) is 4.91 Å². The summed E-state index contributed by atoms with van der Waals surface area (Å²) in [4.78, 5) is 39.9. The van der Waals surface area contributed by atoms with E-state index in [1.165, 1.54) is 0 Å². The van der Waals surface area contributed by atoms with E-state index in [4.69, 9.17) is 21.7 Å². The highest BCUT2D eigenvalue weighted by Gasteiger charge is 2.22. The molecule has 0 aliphatic carbocycles. The van der Waals surface area contributed by atoms with E-state index in [0.29, 0.717) is 0 Å². The van der Waals surface area contributed by atoms with Crippen LogP contribution in [-0.2, 0) is 9.59 Å². The molecule has 11 nitrogen and oxygen atoms in total. The summed E-state index contributed by atoms with van der Waals surface area (Å²) in [6.07, 6.45) is 0. The van der Waals surface area contributed by atoms with E-state index in [9.17, 15) is 14.5 Å². The van der Waals surface area contributed by atoms with Crippen molar-refractivity contribution >= 4 is 35.2 Å². The quantitative estimate of drug-likeness (QED) is 0.467. The molecule has 1 aromatic heterocycles. The van der Waals surface area contributed by atoms with Crippen molar-refractivity contribution in [3.63, 3.8) is 0 Å². The molecule has 0 aliphatic rings. The molecular formula is C8H10N6O5. The van der Waals surface area contributed by atoms with Gasteiger partial charge in [0.2, 0.25) is 5.95 Å². The minimum atomic E-state index is -1.33. The van der Waals surface area contributed by atoms with Gasteiger partial charge in [0, 0.05) is 0 Å². The van der Waals surface area contributed by atoms with Gasteiger partial charge in [-0.2, -0.15) is 9.97 Å². The van der Waals surface area contributed by atoms with Crippen molar-refractivity contribution < 1.29 is 19.8 Å². The van der Waals surface area contributed by atoms with Crippen LogP contribution in [0.5, 0.6) is 0 Å². The van der Waals surface area contributed by atoms with E-state index in [0.717, 1.165) is 4.90 Å². The predicted octanol–water partition coefficient (Wildman–Crippen LogP) is -0.986. The highest BCUT2D eigenvalue weighted by Crippen LogP contribution is 2.31. The summed E-state index contributed by atoms with van der Waals surface area (Å²) in [6.45, 7) is -1.44. The lowest BCUT2D eigenvalue weighted by atomic mass is 10.3. The zero-order chi connectivity index (χ0) is 14.6. The Morgan fingerprint density at radius 1 is 1.16 bits per heavy atom. The molecule has 1 rings (SSSR count). The van der Waals surface area contributed by atoms with Gasteiger partial charge in [-0.1, -0.05) is 0 Å². The molecule has 0 atom stereocenters. The lowest BCUT2D eigenvalue weighted by Gasteiger charge is -2.20. The van der Waals surface area contributed by atoms with Crippen molar-refractivity contribution in [1.29, 1.82) is 0 Å².